The van der Waals surface area contributed by atoms with Gasteiger partial charge >= 0.3 is 0 Å². The fourth-order valence-electron chi connectivity index (χ4n) is 3.02. The molecule has 0 unspecified atom stereocenters. The van der Waals surface area contributed by atoms with Gasteiger partial charge < -0.3 is 14.0 Å². The first-order chi connectivity index (χ1) is 13.2. The van der Waals surface area contributed by atoms with E-state index in [2.05, 4.69) is 50.8 Å². The van der Waals surface area contributed by atoms with Crippen LogP contribution >= 0.6 is 15.9 Å². The van der Waals surface area contributed by atoms with E-state index in [1.54, 1.807) is 7.11 Å². The summed E-state index contributed by atoms with van der Waals surface area (Å²) >= 11 is 3.49. The number of ether oxygens (including phenoxy) is 2. The molecule has 3 aromatic carbocycles. The summed E-state index contributed by atoms with van der Waals surface area (Å²) in [6.45, 7) is 1.13. The van der Waals surface area contributed by atoms with Gasteiger partial charge in [0.15, 0.2) is 0 Å². The van der Waals surface area contributed by atoms with Gasteiger partial charge in [-0.1, -0.05) is 46.3 Å². The van der Waals surface area contributed by atoms with Gasteiger partial charge in [-0.15, -0.1) is 0 Å². The van der Waals surface area contributed by atoms with Crippen molar-refractivity contribution in [1.29, 1.82) is 0 Å². The van der Waals surface area contributed by atoms with Crippen molar-refractivity contribution in [1.82, 2.24) is 9.55 Å². The third kappa shape index (κ3) is 3.98. The molecular weight excluding hydrogens is 404 g/mol. The highest BCUT2D eigenvalue weighted by Crippen LogP contribution is 2.23. The fourth-order valence-corrected chi connectivity index (χ4v) is 3.29. The van der Waals surface area contributed by atoms with Crippen molar-refractivity contribution in [2.75, 3.05) is 7.11 Å². The Labute approximate surface area is 166 Å². The SMILES string of the molecule is COc1cccc(OCc2nc3ccccc3n2Cc2ccc(Br)cc2)c1. The topological polar surface area (TPSA) is 36.3 Å². The van der Waals surface area contributed by atoms with Gasteiger partial charge in [0.05, 0.1) is 18.1 Å². The monoisotopic (exact) mass is 422 g/mol. The first kappa shape index (κ1) is 17.6. The summed E-state index contributed by atoms with van der Waals surface area (Å²) in [7, 11) is 1.65. The lowest BCUT2D eigenvalue weighted by molar-refractivity contribution is 0.289. The minimum Gasteiger partial charge on any atom is -0.497 e. The molecule has 0 radical (unpaired) electrons. The molecule has 4 aromatic rings. The lowest BCUT2D eigenvalue weighted by Crippen LogP contribution is -2.08. The molecule has 0 N–H and O–H groups in total. The highest BCUT2D eigenvalue weighted by molar-refractivity contribution is 9.10. The third-order valence-corrected chi connectivity index (χ3v) is 4.93. The minimum absolute atomic E-state index is 0.387. The molecule has 0 atom stereocenters. The minimum atomic E-state index is 0.387. The van der Waals surface area contributed by atoms with Crippen molar-refractivity contribution in [3.63, 3.8) is 0 Å². The molecule has 0 saturated carbocycles. The average molecular weight is 423 g/mol. The molecule has 0 aliphatic rings. The Bertz CT molecular complexity index is 1060. The molecule has 0 spiro atoms. The van der Waals surface area contributed by atoms with Crippen LogP contribution in [0.4, 0.5) is 0 Å². The van der Waals surface area contributed by atoms with Crippen molar-refractivity contribution in [2.45, 2.75) is 13.2 Å². The van der Waals surface area contributed by atoms with Gasteiger partial charge in [0, 0.05) is 17.1 Å². The highest BCUT2D eigenvalue weighted by Gasteiger charge is 2.12. The van der Waals surface area contributed by atoms with Gasteiger partial charge in [-0.05, 0) is 42.0 Å². The molecule has 0 fully saturated rings. The lowest BCUT2D eigenvalue weighted by Gasteiger charge is -2.11. The van der Waals surface area contributed by atoms with E-state index < -0.39 is 0 Å². The summed E-state index contributed by atoms with van der Waals surface area (Å²) in [6, 6.07) is 24.1. The maximum Gasteiger partial charge on any atom is 0.148 e. The second kappa shape index (κ2) is 7.84. The smallest absolute Gasteiger partial charge is 0.148 e. The summed E-state index contributed by atoms with van der Waals surface area (Å²) < 4.78 is 14.5. The number of halogens is 1. The molecule has 0 saturated heterocycles. The van der Waals surface area contributed by atoms with Crippen LogP contribution in [-0.2, 0) is 13.2 Å². The highest BCUT2D eigenvalue weighted by atomic mass is 79.9. The number of rotatable bonds is 6. The number of hydrogen-bond acceptors (Lipinski definition) is 3. The molecule has 0 amide bonds. The molecule has 27 heavy (non-hydrogen) atoms. The van der Waals surface area contributed by atoms with Crippen LogP contribution in [0.5, 0.6) is 11.5 Å². The van der Waals surface area contributed by atoms with E-state index in [0.717, 1.165) is 39.4 Å². The zero-order chi connectivity index (χ0) is 18.6. The Morgan fingerprint density at radius 3 is 2.52 bits per heavy atom. The number of hydrogen-bond donors (Lipinski definition) is 0. The summed E-state index contributed by atoms with van der Waals surface area (Å²) in [5, 5.41) is 0. The van der Waals surface area contributed by atoms with Crippen LogP contribution in [0.2, 0.25) is 0 Å². The maximum absolute atomic E-state index is 5.99. The standard InChI is InChI=1S/C22H19BrN2O2/c1-26-18-5-4-6-19(13-18)27-15-22-24-20-7-2-3-8-21(20)25(22)14-16-9-11-17(23)12-10-16/h2-13H,14-15H2,1H3. The van der Waals surface area contributed by atoms with Gasteiger partial charge in [-0.2, -0.15) is 0 Å². The fraction of sp³-hybridized carbons (Fsp3) is 0.136. The van der Waals surface area contributed by atoms with Gasteiger partial charge in [0.25, 0.3) is 0 Å². The van der Waals surface area contributed by atoms with Crippen LogP contribution in [-0.4, -0.2) is 16.7 Å². The second-order valence-electron chi connectivity index (χ2n) is 6.20. The van der Waals surface area contributed by atoms with E-state index in [-0.39, 0.29) is 0 Å². The molecule has 1 heterocycles. The maximum atomic E-state index is 5.99. The zero-order valence-electron chi connectivity index (χ0n) is 14.9. The first-order valence-corrected chi connectivity index (χ1v) is 9.47. The van der Waals surface area contributed by atoms with E-state index in [1.807, 2.05) is 42.5 Å². The third-order valence-electron chi connectivity index (χ3n) is 4.40. The normalized spacial score (nSPS) is 10.9. The van der Waals surface area contributed by atoms with Crippen molar-refractivity contribution in [3.8, 4) is 11.5 Å². The van der Waals surface area contributed by atoms with E-state index in [4.69, 9.17) is 14.5 Å². The van der Waals surface area contributed by atoms with Gasteiger partial charge in [0.2, 0.25) is 0 Å². The van der Waals surface area contributed by atoms with E-state index in [9.17, 15) is 0 Å². The second-order valence-corrected chi connectivity index (χ2v) is 7.11. The van der Waals surface area contributed by atoms with Gasteiger partial charge in [0.1, 0.15) is 23.9 Å². The van der Waals surface area contributed by atoms with Crippen molar-refractivity contribution < 1.29 is 9.47 Å². The molecule has 4 rings (SSSR count). The molecule has 0 bridgehead atoms. The van der Waals surface area contributed by atoms with Crippen LogP contribution in [0.1, 0.15) is 11.4 Å². The quantitative estimate of drug-likeness (QED) is 0.415. The lowest BCUT2D eigenvalue weighted by atomic mass is 10.2. The van der Waals surface area contributed by atoms with Crippen LogP contribution < -0.4 is 9.47 Å². The molecular formula is C22H19BrN2O2. The van der Waals surface area contributed by atoms with Crippen molar-refractivity contribution in [2.24, 2.45) is 0 Å². The molecule has 4 nitrogen and oxygen atoms in total. The summed E-state index contributed by atoms with van der Waals surface area (Å²) in [5.74, 6) is 2.43. The molecule has 1 aromatic heterocycles. The van der Waals surface area contributed by atoms with Gasteiger partial charge in [-0.3, -0.25) is 0 Å². The predicted octanol–water partition coefficient (Wildman–Crippen LogP) is 5.43. The number of fused-ring (bicyclic) bond motifs is 1. The number of aromatic nitrogens is 2. The van der Waals surface area contributed by atoms with Gasteiger partial charge in [-0.25, -0.2) is 4.98 Å². The summed E-state index contributed by atoms with van der Waals surface area (Å²) in [6.07, 6.45) is 0. The Balaban J connectivity index is 1.64. The predicted molar refractivity (Wildman–Crippen MR) is 110 cm³/mol. The Morgan fingerprint density at radius 1 is 0.926 bits per heavy atom. The van der Waals surface area contributed by atoms with E-state index in [0.29, 0.717) is 6.61 Å². The molecule has 136 valence electrons. The molecule has 0 aliphatic carbocycles. The van der Waals surface area contributed by atoms with Crippen molar-refractivity contribution in [3.05, 3.63) is 88.7 Å². The summed E-state index contributed by atoms with van der Waals surface area (Å²) in [4.78, 5) is 4.78. The van der Waals surface area contributed by atoms with Crippen LogP contribution in [0.25, 0.3) is 11.0 Å². The first-order valence-electron chi connectivity index (χ1n) is 8.68. The number of methoxy groups -OCH3 is 1. The summed E-state index contributed by atoms with van der Waals surface area (Å²) in [5.41, 5.74) is 3.28. The van der Waals surface area contributed by atoms with E-state index in [1.165, 1.54) is 5.56 Å². The Kier molecular flexibility index (Phi) is 5.12. The average Bonchev–Trinajstić information content (AvgIpc) is 3.06. The van der Waals surface area contributed by atoms with E-state index >= 15 is 0 Å². The largest absolute Gasteiger partial charge is 0.497 e. The van der Waals surface area contributed by atoms with Crippen LogP contribution in [0.3, 0.4) is 0 Å². The molecule has 5 heteroatoms. The Hall–Kier alpha value is -2.79. The van der Waals surface area contributed by atoms with Crippen molar-refractivity contribution >= 4 is 27.0 Å². The number of benzene rings is 3. The van der Waals surface area contributed by atoms with Crippen LogP contribution in [0, 0.1) is 0 Å². The Morgan fingerprint density at radius 2 is 1.70 bits per heavy atom. The van der Waals surface area contributed by atoms with Crippen LogP contribution in [0.15, 0.2) is 77.3 Å². The number of imidazole rings is 1. The number of para-hydroxylation sites is 2. The number of nitrogens with zero attached hydrogens (tertiary/aromatic N) is 2. The zero-order valence-corrected chi connectivity index (χ0v) is 16.5. The molecule has 0 aliphatic heterocycles.